The van der Waals surface area contributed by atoms with Crippen LogP contribution in [0.5, 0.6) is 5.75 Å². The van der Waals surface area contributed by atoms with E-state index < -0.39 is 5.82 Å². The fourth-order valence-electron chi connectivity index (χ4n) is 2.40. The molecule has 6 heteroatoms. The highest BCUT2D eigenvalue weighted by Gasteiger charge is 2.33. The van der Waals surface area contributed by atoms with Crippen molar-refractivity contribution in [3.05, 3.63) is 41.0 Å². The zero-order valence-corrected chi connectivity index (χ0v) is 13.2. The van der Waals surface area contributed by atoms with Gasteiger partial charge in [0.2, 0.25) is 0 Å². The summed E-state index contributed by atoms with van der Waals surface area (Å²) in [6.07, 6.45) is 3.48. The standard InChI is InChI=1S/C16H16FNO3S/c1-3-22-16-10(6-7-12(17)15(16)20-2)13(19)11-8-18-21-14(11)9-4-5-9/h6-9H,3-5H2,1-2H3. The van der Waals surface area contributed by atoms with Gasteiger partial charge in [0.05, 0.1) is 23.8 Å². The number of ether oxygens (including phenoxy) is 1. The predicted molar refractivity (Wildman–Crippen MR) is 81.3 cm³/mol. The van der Waals surface area contributed by atoms with Gasteiger partial charge < -0.3 is 9.26 Å². The smallest absolute Gasteiger partial charge is 0.199 e. The number of hydrogen-bond donors (Lipinski definition) is 0. The fraction of sp³-hybridized carbons (Fsp3) is 0.375. The normalized spacial score (nSPS) is 14.1. The molecule has 1 fully saturated rings. The first-order valence-electron chi connectivity index (χ1n) is 7.15. The molecule has 0 aliphatic heterocycles. The van der Waals surface area contributed by atoms with Crippen molar-refractivity contribution in [1.29, 1.82) is 0 Å². The number of carbonyl (C=O) groups excluding carboxylic acids is 1. The molecule has 22 heavy (non-hydrogen) atoms. The van der Waals surface area contributed by atoms with Crippen LogP contribution in [-0.2, 0) is 0 Å². The highest BCUT2D eigenvalue weighted by atomic mass is 32.2. The van der Waals surface area contributed by atoms with Gasteiger partial charge in [-0.3, -0.25) is 4.79 Å². The van der Waals surface area contributed by atoms with Gasteiger partial charge in [0.25, 0.3) is 0 Å². The third kappa shape index (κ3) is 2.63. The molecule has 0 bridgehead atoms. The van der Waals surface area contributed by atoms with Gasteiger partial charge in [0.1, 0.15) is 0 Å². The van der Waals surface area contributed by atoms with Gasteiger partial charge in [-0.2, -0.15) is 0 Å². The summed E-state index contributed by atoms with van der Waals surface area (Å²) in [5.74, 6) is 1.08. The number of nitrogens with zero attached hydrogens (tertiary/aromatic N) is 1. The molecule has 0 saturated heterocycles. The van der Waals surface area contributed by atoms with Crippen LogP contribution in [0.15, 0.2) is 27.7 Å². The van der Waals surface area contributed by atoms with Crippen molar-refractivity contribution in [2.24, 2.45) is 0 Å². The summed E-state index contributed by atoms with van der Waals surface area (Å²) in [5, 5.41) is 3.76. The molecule has 0 amide bonds. The first kappa shape index (κ1) is 15.1. The lowest BCUT2D eigenvalue weighted by atomic mass is 10.0. The number of rotatable bonds is 6. The van der Waals surface area contributed by atoms with E-state index in [1.54, 1.807) is 0 Å². The molecular formula is C16H16FNO3S. The molecule has 4 nitrogen and oxygen atoms in total. The molecule has 3 rings (SSSR count). The van der Waals surface area contributed by atoms with Gasteiger partial charge in [-0.15, -0.1) is 11.8 Å². The van der Waals surface area contributed by atoms with E-state index in [2.05, 4.69) is 5.16 Å². The van der Waals surface area contributed by atoms with Crippen molar-refractivity contribution >= 4 is 17.5 Å². The van der Waals surface area contributed by atoms with E-state index in [9.17, 15) is 9.18 Å². The maximum atomic E-state index is 13.9. The maximum absolute atomic E-state index is 13.9. The Kier molecular flexibility index (Phi) is 4.20. The average Bonchev–Trinajstić information content (AvgIpc) is 3.24. The number of benzene rings is 1. The molecule has 1 heterocycles. The first-order chi connectivity index (χ1) is 10.7. The number of ketones is 1. The Labute approximate surface area is 132 Å². The summed E-state index contributed by atoms with van der Waals surface area (Å²) in [4.78, 5) is 13.4. The highest BCUT2D eigenvalue weighted by Crippen LogP contribution is 2.43. The fourth-order valence-corrected chi connectivity index (χ4v) is 3.32. The van der Waals surface area contributed by atoms with E-state index in [0.717, 1.165) is 12.8 Å². The minimum Gasteiger partial charge on any atom is -0.492 e. The third-order valence-electron chi connectivity index (χ3n) is 3.59. The Morgan fingerprint density at radius 1 is 1.45 bits per heavy atom. The number of halogens is 1. The third-order valence-corrected chi connectivity index (χ3v) is 4.58. The van der Waals surface area contributed by atoms with Crippen LogP contribution in [0.25, 0.3) is 0 Å². The Morgan fingerprint density at radius 3 is 2.86 bits per heavy atom. The summed E-state index contributed by atoms with van der Waals surface area (Å²) in [5.41, 5.74) is 0.893. The second-order valence-electron chi connectivity index (χ2n) is 5.10. The van der Waals surface area contributed by atoms with E-state index in [1.807, 2.05) is 6.92 Å². The minimum absolute atomic E-state index is 0.113. The number of carbonyl (C=O) groups is 1. The second-order valence-corrected chi connectivity index (χ2v) is 6.37. The van der Waals surface area contributed by atoms with Crippen molar-refractivity contribution in [2.45, 2.75) is 30.6 Å². The number of methoxy groups -OCH3 is 1. The van der Waals surface area contributed by atoms with E-state index in [-0.39, 0.29) is 17.5 Å². The molecule has 1 aliphatic rings. The molecule has 116 valence electrons. The Balaban J connectivity index is 2.06. The summed E-state index contributed by atoms with van der Waals surface area (Å²) < 4.78 is 24.3. The van der Waals surface area contributed by atoms with Crippen LogP contribution in [-0.4, -0.2) is 23.8 Å². The van der Waals surface area contributed by atoms with Crippen LogP contribution in [0.3, 0.4) is 0 Å². The molecule has 1 saturated carbocycles. The molecule has 0 atom stereocenters. The van der Waals surface area contributed by atoms with Crippen LogP contribution < -0.4 is 4.74 Å². The lowest BCUT2D eigenvalue weighted by molar-refractivity contribution is 0.103. The van der Waals surface area contributed by atoms with Crippen LogP contribution in [0.1, 0.15) is 47.4 Å². The Bertz CT molecular complexity index is 709. The highest BCUT2D eigenvalue weighted by molar-refractivity contribution is 7.99. The zero-order chi connectivity index (χ0) is 15.7. The minimum atomic E-state index is -0.470. The van der Waals surface area contributed by atoms with E-state index in [4.69, 9.17) is 9.26 Å². The van der Waals surface area contributed by atoms with Gasteiger partial charge >= 0.3 is 0 Å². The number of aromatic nitrogens is 1. The van der Waals surface area contributed by atoms with E-state index in [1.165, 1.54) is 37.2 Å². The molecule has 0 N–H and O–H groups in total. The quantitative estimate of drug-likeness (QED) is 0.593. The maximum Gasteiger partial charge on any atom is 0.199 e. The van der Waals surface area contributed by atoms with Gasteiger partial charge in [0.15, 0.2) is 23.1 Å². The van der Waals surface area contributed by atoms with Crippen LogP contribution in [0.2, 0.25) is 0 Å². The van der Waals surface area contributed by atoms with Crippen molar-refractivity contribution in [2.75, 3.05) is 12.9 Å². The largest absolute Gasteiger partial charge is 0.492 e. The van der Waals surface area contributed by atoms with Crippen LogP contribution >= 0.6 is 11.8 Å². The predicted octanol–water partition coefficient (Wildman–Crippen LogP) is 4.04. The Morgan fingerprint density at radius 2 is 2.23 bits per heavy atom. The molecule has 1 aromatic carbocycles. The first-order valence-corrected chi connectivity index (χ1v) is 8.14. The summed E-state index contributed by atoms with van der Waals surface area (Å²) in [7, 11) is 1.40. The molecule has 1 aliphatic carbocycles. The molecule has 0 radical (unpaired) electrons. The SMILES string of the molecule is CCSc1c(C(=O)c2cnoc2C2CC2)ccc(F)c1OC. The molecule has 1 aromatic heterocycles. The van der Waals surface area contributed by atoms with Gasteiger partial charge in [-0.25, -0.2) is 4.39 Å². The topological polar surface area (TPSA) is 52.3 Å². The monoisotopic (exact) mass is 321 g/mol. The van der Waals surface area contributed by atoms with Gasteiger partial charge in [-0.1, -0.05) is 12.1 Å². The molecule has 2 aromatic rings. The second kappa shape index (κ2) is 6.12. The molecular weight excluding hydrogens is 305 g/mol. The summed E-state index contributed by atoms with van der Waals surface area (Å²) >= 11 is 1.39. The zero-order valence-electron chi connectivity index (χ0n) is 12.4. The van der Waals surface area contributed by atoms with E-state index >= 15 is 0 Å². The van der Waals surface area contributed by atoms with Crippen LogP contribution in [0.4, 0.5) is 4.39 Å². The molecule has 0 spiro atoms. The lowest BCUT2D eigenvalue weighted by Crippen LogP contribution is -2.07. The van der Waals surface area contributed by atoms with Gasteiger partial charge in [-0.05, 0) is 30.7 Å². The lowest BCUT2D eigenvalue weighted by Gasteiger charge is -2.12. The van der Waals surface area contributed by atoms with Crippen molar-refractivity contribution < 1.29 is 18.4 Å². The number of hydrogen-bond acceptors (Lipinski definition) is 5. The van der Waals surface area contributed by atoms with Crippen molar-refractivity contribution in [3.63, 3.8) is 0 Å². The van der Waals surface area contributed by atoms with Crippen LogP contribution in [0, 0.1) is 5.82 Å². The van der Waals surface area contributed by atoms with Gasteiger partial charge in [0, 0.05) is 11.5 Å². The van der Waals surface area contributed by atoms with E-state index in [0.29, 0.717) is 27.5 Å². The summed E-state index contributed by atoms with van der Waals surface area (Å²) in [6.45, 7) is 1.94. The molecule has 0 unspecified atom stereocenters. The Hall–Kier alpha value is -1.82. The van der Waals surface area contributed by atoms with Crippen molar-refractivity contribution in [3.8, 4) is 5.75 Å². The number of thioether (sulfide) groups is 1. The van der Waals surface area contributed by atoms with Crippen molar-refractivity contribution in [1.82, 2.24) is 5.16 Å². The summed E-state index contributed by atoms with van der Waals surface area (Å²) in [6, 6.07) is 2.76. The average molecular weight is 321 g/mol.